The monoisotopic (exact) mass is 239 g/mol. The van der Waals surface area contributed by atoms with E-state index in [1.165, 1.54) is 6.07 Å². The molecule has 0 unspecified atom stereocenters. The normalized spacial score (nSPS) is 10.1. The Morgan fingerprint density at radius 1 is 1.06 bits per heavy atom. The van der Waals surface area contributed by atoms with E-state index in [1.807, 2.05) is 44.2 Å². The Balaban J connectivity index is 2.51. The van der Waals surface area contributed by atoms with E-state index in [-0.39, 0.29) is 12.2 Å². The van der Waals surface area contributed by atoms with Crippen molar-refractivity contribution in [2.75, 3.05) is 0 Å². The van der Waals surface area contributed by atoms with E-state index < -0.39 is 0 Å². The minimum atomic E-state index is -0.267. The van der Waals surface area contributed by atoms with Gasteiger partial charge in [-0.3, -0.25) is 0 Å². The van der Waals surface area contributed by atoms with Crippen LogP contribution in [-0.2, 0) is 6.42 Å². The zero-order chi connectivity index (χ0) is 13.1. The lowest BCUT2D eigenvalue weighted by Crippen LogP contribution is -1.91. The second-order valence-corrected chi connectivity index (χ2v) is 4.47. The Morgan fingerprint density at radius 2 is 1.83 bits per heavy atom. The van der Waals surface area contributed by atoms with Gasteiger partial charge in [0.25, 0.3) is 0 Å². The predicted octanol–water partition coefficient (Wildman–Crippen LogP) is 4.18. The van der Waals surface area contributed by atoms with Crippen LogP contribution in [0.15, 0.2) is 36.4 Å². The number of aryl methyl sites for hydroxylation is 2. The zero-order valence-electron chi connectivity index (χ0n) is 10.5. The highest BCUT2D eigenvalue weighted by atomic mass is 19.1. The van der Waals surface area contributed by atoms with E-state index in [1.54, 1.807) is 6.07 Å². The third-order valence-corrected chi connectivity index (χ3v) is 3.00. The number of rotatable bonds is 2. The fourth-order valence-corrected chi connectivity index (χ4v) is 2.00. The number of hydrogen-bond donors (Lipinski definition) is 0. The molecule has 0 aliphatic heterocycles. The van der Waals surface area contributed by atoms with Crippen molar-refractivity contribution in [3.05, 3.63) is 58.9 Å². The maximum absolute atomic E-state index is 14.1. The molecule has 0 aliphatic carbocycles. The first-order valence-electron chi connectivity index (χ1n) is 5.85. The summed E-state index contributed by atoms with van der Waals surface area (Å²) in [6.45, 7) is 3.96. The van der Waals surface area contributed by atoms with Gasteiger partial charge < -0.3 is 0 Å². The summed E-state index contributed by atoms with van der Waals surface area (Å²) in [5.41, 5.74) is 4.38. The van der Waals surface area contributed by atoms with Gasteiger partial charge in [-0.1, -0.05) is 35.9 Å². The Hall–Kier alpha value is -2.14. The molecule has 0 aromatic heterocycles. The fraction of sp³-hybridized carbons (Fsp3) is 0.188. The second kappa shape index (κ2) is 5.01. The van der Waals surface area contributed by atoms with Crippen molar-refractivity contribution in [2.45, 2.75) is 20.3 Å². The van der Waals surface area contributed by atoms with Crippen molar-refractivity contribution >= 4 is 0 Å². The van der Waals surface area contributed by atoms with Crippen molar-refractivity contribution in [3.63, 3.8) is 0 Å². The molecule has 2 heteroatoms. The van der Waals surface area contributed by atoms with Gasteiger partial charge in [0.05, 0.1) is 12.5 Å². The zero-order valence-corrected chi connectivity index (χ0v) is 10.5. The van der Waals surface area contributed by atoms with E-state index in [4.69, 9.17) is 5.26 Å². The van der Waals surface area contributed by atoms with Gasteiger partial charge in [0.1, 0.15) is 5.82 Å². The highest BCUT2D eigenvalue weighted by Crippen LogP contribution is 2.27. The Kier molecular flexibility index (Phi) is 3.43. The standard InChI is InChI=1S/C16H14FN/c1-11-3-4-12(2)15(9-11)14-6-5-13(7-8-18)10-16(14)17/h3-6,9-10H,7H2,1-2H3. The van der Waals surface area contributed by atoms with Crippen molar-refractivity contribution in [2.24, 2.45) is 0 Å². The summed E-state index contributed by atoms with van der Waals surface area (Å²) in [4.78, 5) is 0. The molecule has 0 bridgehead atoms. The number of hydrogen-bond acceptors (Lipinski definition) is 1. The molecule has 18 heavy (non-hydrogen) atoms. The van der Waals surface area contributed by atoms with E-state index in [9.17, 15) is 4.39 Å². The van der Waals surface area contributed by atoms with Gasteiger partial charge in [0.15, 0.2) is 0 Å². The van der Waals surface area contributed by atoms with Crippen LogP contribution in [0.5, 0.6) is 0 Å². The smallest absolute Gasteiger partial charge is 0.131 e. The minimum absolute atomic E-state index is 0.240. The van der Waals surface area contributed by atoms with Crippen molar-refractivity contribution < 1.29 is 4.39 Å². The van der Waals surface area contributed by atoms with Crippen LogP contribution in [0.4, 0.5) is 4.39 Å². The van der Waals surface area contributed by atoms with E-state index in [0.717, 1.165) is 16.7 Å². The maximum Gasteiger partial charge on any atom is 0.131 e. The van der Waals surface area contributed by atoms with Gasteiger partial charge in [-0.05, 0) is 36.6 Å². The van der Waals surface area contributed by atoms with Crippen LogP contribution in [0.1, 0.15) is 16.7 Å². The molecule has 0 N–H and O–H groups in total. The molecule has 0 spiro atoms. The molecule has 90 valence electrons. The molecule has 0 amide bonds. The summed E-state index contributed by atoms with van der Waals surface area (Å²) >= 11 is 0. The first-order chi connectivity index (χ1) is 8.61. The summed E-state index contributed by atoms with van der Waals surface area (Å²) < 4.78 is 14.1. The van der Waals surface area contributed by atoms with Gasteiger partial charge in [0.2, 0.25) is 0 Å². The predicted molar refractivity (Wildman–Crippen MR) is 70.6 cm³/mol. The fourth-order valence-electron chi connectivity index (χ4n) is 2.00. The van der Waals surface area contributed by atoms with Crippen LogP contribution >= 0.6 is 0 Å². The lowest BCUT2D eigenvalue weighted by molar-refractivity contribution is 0.629. The number of nitriles is 1. The van der Waals surface area contributed by atoms with Gasteiger partial charge in [-0.25, -0.2) is 4.39 Å². The first kappa shape index (κ1) is 12.3. The number of halogens is 1. The molecule has 0 heterocycles. The van der Waals surface area contributed by atoms with E-state index >= 15 is 0 Å². The van der Waals surface area contributed by atoms with Crippen LogP contribution in [0, 0.1) is 31.0 Å². The van der Waals surface area contributed by atoms with Crippen LogP contribution < -0.4 is 0 Å². The molecular formula is C16H14FN. The highest BCUT2D eigenvalue weighted by molar-refractivity contribution is 5.68. The summed E-state index contributed by atoms with van der Waals surface area (Å²) in [5, 5.41) is 8.60. The third-order valence-electron chi connectivity index (χ3n) is 3.00. The lowest BCUT2D eigenvalue weighted by Gasteiger charge is -2.09. The van der Waals surface area contributed by atoms with Gasteiger partial charge in [-0.2, -0.15) is 5.26 Å². The summed E-state index contributed by atoms with van der Waals surface area (Å²) in [7, 11) is 0. The molecule has 0 aliphatic rings. The van der Waals surface area contributed by atoms with Crippen LogP contribution in [0.2, 0.25) is 0 Å². The van der Waals surface area contributed by atoms with E-state index in [0.29, 0.717) is 11.1 Å². The third kappa shape index (κ3) is 2.41. The molecule has 2 rings (SSSR count). The van der Waals surface area contributed by atoms with Gasteiger partial charge >= 0.3 is 0 Å². The van der Waals surface area contributed by atoms with Crippen LogP contribution in [0.3, 0.4) is 0 Å². The second-order valence-electron chi connectivity index (χ2n) is 4.47. The van der Waals surface area contributed by atoms with Crippen LogP contribution in [0.25, 0.3) is 11.1 Å². The van der Waals surface area contributed by atoms with Crippen LogP contribution in [-0.4, -0.2) is 0 Å². The largest absolute Gasteiger partial charge is 0.206 e. The average Bonchev–Trinajstić information content (AvgIpc) is 2.33. The molecule has 0 fully saturated rings. The molecule has 0 radical (unpaired) electrons. The lowest BCUT2D eigenvalue weighted by atomic mass is 9.97. The molecular weight excluding hydrogens is 225 g/mol. The summed E-state index contributed by atoms with van der Waals surface area (Å²) in [5.74, 6) is -0.267. The van der Waals surface area contributed by atoms with Crippen molar-refractivity contribution in [3.8, 4) is 17.2 Å². The number of benzene rings is 2. The van der Waals surface area contributed by atoms with E-state index in [2.05, 4.69) is 0 Å². The molecule has 0 saturated carbocycles. The van der Waals surface area contributed by atoms with Gasteiger partial charge in [-0.15, -0.1) is 0 Å². The quantitative estimate of drug-likeness (QED) is 0.771. The molecule has 1 nitrogen and oxygen atoms in total. The highest BCUT2D eigenvalue weighted by Gasteiger charge is 2.08. The van der Waals surface area contributed by atoms with Crippen molar-refractivity contribution in [1.82, 2.24) is 0 Å². The minimum Gasteiger partial charge on any atom is -0.206 e. The maximum atomic E-state index is 14.1. The summed E-state index contributed by atoms with van der Waals surface area (Å²) in [6.07, 6.45) is 0.240. The first-order valence-corrected chi connectivity index (χ1v) is 5.85. The average molecular weight is 239 g/mol. The Bertz CT molecular complexity index is 623. The Morgan fingerprint density at radius 3 is 2.50 bits per heavy atom. The summed E-state index contributed by atoms with van der Waals surface area (Å²) in [6, 6.07) is 13.0. The molecule has 0 saturated heterocycles. The topological polar surface area (TPSA) is 23.8 Å². The molecule has 0 atom stereocenters. The number of nitrogens with zero attached hydrogens (tertiary/aromatic N) is 1. The molecule has 2 aromatic rings. The Labute approximate surface area is 107 Å². The van der Waals surface area contributed by atoms with Crippen molar-refractivity contribution in [1.29, 1.82) is 5.26 Å². The molecule has 2 aromatic carbocycles. The SMILES string of the molecule is Cc1ccc(C)c(-c2ccc(CC#N)cc2F)c1. The van der Waals surface area contributed by atoms with Gasteiger partial charge in [0, 0.05) is 5.56 Å².